The van der Waals surface area contributed by atoms with Crippen LogP contribution in [0.25, 0.3) is 10.2 Å². The lowest BCUT2D eigenvalue weighted by molar-refractivity contribution is -0.118. The van der Waals surface area contributed by atoms with Gasteiger partial charge >= 0.3 is 0 Å². The Labute approximate surface area is 172 Å². The molecule has 4 nitrogen and oxygen atoms in total. The van der Waals surface area contributed by atoms with E-state index in [9.17, 15) is 9.18 Å². The summed E-state index contributed by atoms with van der Waals surface area (Å²) in [6.07, 6.45) is 3.63. The lowest BCUT2D eigenvalue weighted by Gasteiger charge is -2.20. The number of benzene rings is 2. The lowest BCUT2D eigenvalue weighted by Crippen LogP contribution is -2.31. The van der Waals surface area contributed by atoms with Gasteiger partial charge in [-0.2, -0.15) is 0 Å². The monoisotopic (exact) mass is 405 g/mol. The summed E-state index contributed by atoms with van der Waals surface area (Å²) in [7, 11) is 0. The fourth-order valence-corrected chi connectivity index (χ4v) is 4.30. The van der Waals surface area contributed by atoms with Crippen molar-refractivity contribution in [1.82, 2.24) is 9.97 Å². The molecule has 4 aromatic rings. The number of amides is 1. The van der Waals surface area contributed by atoms with Crippen molar-refractivity contribution >= 4 is 32.6 Å². The molecule has 0 radical (unpaired) electrons. The van der Waals surface area contributed by atoms with Crippen LogP contribution >= 0.6 is 11.3 Å². The highest BCUT2D eigenvalue weighted by Gasteiger charge is 2.21. The molecular weight excluding hydrogens is 385 g/mol. The topological polar surface area (TPSA) is 46.1 Å². The molecule has 2 heterocycles. The number of aryl methyl sites for hydroxylation is 2. The lowest BCUT2D eigenvalue weighted by atomic mass is 10.1. The fourth-order valence-electron chi connectivity index (χ4n) is 3.17. The van der Waals surface area contributed by atoms with E-state index in [0.29, 0.717) is 11.7 Å². The number of anilines is 1. The van der Waals surface area contributed by atoms with E-state index in [1.807, 2.05) is 25.1 Å². The molecule has 0 spiro atoms. The molecule has 2 aromatic heterocycles. The average molecular weight is 405 g/mol. The number of rotatable bonds is 5. The smallest absolute Gasteiger partial charge is 0.233 e. The maximum Gasteiger partial charge on any atom is 0.233 e. The van der Waals surface area contributed by atoms with Crippen LogP contribution in [0.15, 0.2) is 60.9 Å². The molecule has 1 amide bonds. The van der Waals surface area contributed by atoms with Gasteiger partial charge in [0.25, 0.3) is 0 Å². The van der Waals surface area contributed by atoms with Crippen LogP contribution in [0, 0.1) is 19.7 Å². The summed E-state index contributed by atoms with van der Waals surface area (Å²) < 4.78 is 14.3. The molecule has 0 aliphatic rings. The first kappa shape index (κ1) is 19.2. The molecule has 6 heteroatoms. The van der Waals surface area contributed by atoms with Crippen molar-refractivity contribution in [3.63, 3.8) is 0 Å². The molecule has 0 N–H and O–H groups in total. The molecule has 4 rings (SSSR count). The molecule has 0 saturated heterocycles. The molecule has 0 unspecified atom stereocenters. The van der Waals surface area contributed by atoms with Crippen LogP contribution in [0.5, 0.6) is 0 Å². The second-order valence-corrected chi connectivity index (χ2v) is 8.00. The number of pyridine rings is 1. The number of thiazole rings is 1. The Morgan fingerprint density at radius 1 is 1.03 bits per heavy atom. The van der Waals surface area contributed by atoms with Gasteiger partial charge in [0.1, 0.15) is 5.82 Å². The summed E-state index contributed by atoms with van der Waals surface area (Å²) in [4.78, 5) is 23.9. The minimum atomic E-state index is -0.314. The van der Waals surface area contributed by atoms with Crippen molar-refractivity contribution in [2.24, 2.45) is 0 Å². The van der Waals surface area contributed by atoms with Gasteiger partial charge in [-0.25, -0.2) is 9.37 Å². The molecule has 0 atom stereocenters. The maximum atomic E-state index is 13.2. The van der Waals surface area contributed by atoms with Crippen molar-refractivity contribution in [1.29, 1.82) is 0 Å². The van der Waals surface area contributed by atoms with E-state index in [1.165, 1.54) is 23.5 Å². The first-order chi connectivity index (χ1) is 14.0. The van der Waals surface area contributed by atoms with E-state index < -0.39 is 0 Å². The van der Waals surface area contributed by atoms with Gasteiger partial charge in [-0.05, 0) is 54.3 Å². The molecule has 0 aliphatic carbocycles. The van der Waals surface area contributed by atoms with Crippen LogP contribution in [0.1, 0.15) is 22.3 Å². The number of carbonyl (C=O) groups is 1. The maximum absolute atomic E-state index is 13.2. The largest absolute Gasteiger partial charge is 0.283 e. The van der Waals surface area contributed by atoms with Crippen molar-refractivity contribution in [3.8, 4) is 0 Å². The standard InChI is InChI=1S/C23H20FN3OS/c1-15-5-6-16(2)22-21(15)26-23(29-22)27(14-18-4-3-11-25-13-18)20(28)12-17-7-9-19(24)10-8-17/h3-11,13H,12,14H2,1-2H3. The third-order valence-corrected chi connectivity index (χ3v) is 6.01. The van der Waals surface area contributed by atoms with Crippen molar-refractivity contribution < 1.29 is 9.18 Å². The molecule has 0 saturated carbocycles. The zero-order chi connectivity index (χ0) is 20.4. The van der Waals surface area contributed by atoms with Crippen molar-refractivity contribution in [2.45, 2.75) is 26.8 Å². The number of fused-ring (bicyclic) bond motifs is 1. The zero-order valence-corrected chi connectivity index (χ0v) is 17.0. The van der Waals surface area contributed by atoms with E-state index in [0.717, 1.165) is 32.5 Å². The minimum absolute atomic E-state index is 0.0881. The molecular formula is C23H20FN3OS. The summed E-state index contributed by atoms with van der Waals surface area (Å²) in [5.74, 6) is -0.402. The van der Waals surface area contributed by atoms with E-state index >= 15 is 0 Å². The van der Waals surface area contributed by atoms with Crippen LogP contribution in [-0.4, -0.2) is 15.9 Å². The number of aromatic nitrogens is 2. The molecule has 29 heavy (non-hydrogen) atoms. The Morgan fingerprint density at radius 3 is 2.48 bits per heavy atom. The second-order valence-electron chi connectivity index (χ2n) is 7.02. The Balaban J connectivity index is 1.72. The number of hydrogen-bond donors (Lipinski definition) is 0. The highest BCUT2D eigenvalue weighted by atomic mass is 32.1. The molecule has 146 valence electrons. The van der Waals surface area contributed by atoms with Crippen molar-refractivity contribution in [2.75, 3.05) is 4.90 Å². The van der Waals surface area contributed by atoms with E-state index in [4.69, 9.17) is 4.98 Å². The summed E-state index contributed by atoms with van der Waals surface area (Å²) in [6.45, 7) is 4.46. The van der Waals surface area contributed by atoms with Gasteiger partial charge in [-0.3, -0.25) is 14.7 Å². The average Bonchev–Trinajstić information content (AvgIpc) is 3.18. The van der Waals surface area contributed by atoms with Gasteiger partial charge in [-0.15, -0.1) is 0 Å². The number of hydrogen-bond acceptors (Lipinski definition) is 4. The molecule has 0 bridgehead atoms. The van der Waals surface area contributed by atoms with Crippen LogP contribution < -0.4 is 4.90 Å². The highest BCUT2D eigenvalue weighted by molar-refractivity contribution is 7.22. The summed E-state index contributed by atoms with van der Waals surface area (Å²) in [5, 5.41) is 0.661. The quantitative estimate of drug-likeness (QED) is 0.457. The van der Waals surface area contributed by atoms with E-state index in [1.54, 1.807) is 29.4 Å². The van der Waals surface area contributed by atoms with E-state index in [-0.39, 0.29) is 18.1 Å². The van der Waals surface area contributed by atoms with Crippen LogP contribution in [0.3, 0.4) is 0 Å². The summed E-state index contributed by atoms with van der Waals surface area (Å²) in [6, 6.07) is 13.9. The van der Waals surface area contributed by atoms with Gasteiger partial charge < -0.3 is 0 Å². The fraction of sp³-hybridized carbons (Fsp3) is 0.174. The first-order valence-electron chi connectivity index (χ1n) is 9.32. The second kappa shape index (κ2) is 8.09. The zero-order valence-electron chi connectivity index (χ0n) is 16.2. The Morgan fingerprint density at radius 2 is 1.79 bits per heavy atom. The Hall–Kier alpha value is -3.12. The molecule has 0 aliphatic heterocycles. The molecule has 0 fully saturated rings. The van der Waals surface area contributed by atoms with Gasteiger partial charge in [0.15, 0.2) is 5.13 Å². The number of nitrogens with zero attached hydrogens (tertiary/aromatic N) is 3. The third-order valence-electron chi connectivity index (χ3n) is 4.79. The summed E-state index contributed by atoms with van der Waals surface area (Å²) >= 11 is 1.52. The Bertz CT molecular complexity index is 1120. The van der Waals surface area contributed by atoms with Crippen molar-refractivity contribution in [3.05, 3.63) is 89.0 Å². The van der Waals surface area contributed by atoms with Gasteiger partial charge in [0.05, 0.1) is 23.2 Å². The minimum Gasteiger partial charge on any atom is -0.283 e. The van der Waals surface area contributed by atoms with Gasteiger partial charge in [-0.1, -0.05) is 41.7 Å². The number of carbonyl (C=O) groups excluding carboxylic acids is 1. The van der Waals surface area contributed by atoms with E-state index in [2.05, 4.69) is 18.0 Å². The normalized spacial score (nSPS) is 11.0. The van der Waals surface area contributed by atoms with Crippen LogP contribution in [-0.2, 0) is 17.8 Å². The predicted octanol–water partition coefficient (Wildman–Crippen LogP) is 5.22. The SMILES string of the molecule is Cc1ccc(C)c2sc(N(Cc3cccnc3)C(=O)Cc3ccc(F)cc3)nc12. The first-order valence-corrected chi connectivity index (χ1v) is 10.1. The Kier molecular flexibility index (Phi) is 5.36. The third kappa shape index (κ3) is 4.17. The van der Waals surface area contributed by atoms with Crippen LogP contribution in [0.2, 0.25) is 0 Å². The predicted molar refractivity (Wildman–Crippen MR) is 115 cm³/mol. The van der Waals surface area contributed by atoms with Gasteiger partial charge in [0, 0.05) is 12.4 Å². The summed E-state index contributed by atoms with van der Waals surface area (Å²) in [5.41, 5.74) is 4.84. The van der Waals surface area contributed by atoms with Gasteiger partial charge in [0.2, 0.25) is 5.91 Å². The van der Waals surface area contributed by atoms with Crippen LogP contribution in [0.4, 0.5) is 9.52 Å². The highest BCUT2D eigenvalue weighted by Crippen LogP contribution is 2.34. The molecule has 2 aromatic carbocycles. The number of halogens is 1.